The van der Waals surface area contributed by atoms with Gasteiger partial charge in [0.1, 0.15) is 17.8 Å². The fourth-order valence-corrected chi connectivity index (χ4v) is 4.53. The molecule has 0 aliphatic carbocycles. The Morgan fingerprint density at radius 3 is 1.91 bits per heavy atom. The van der Waals surface area contributed by atoms with Crippen LogP contribution in [-0.4, -0.2) is 28.5 Å². The Morgan fingerprint density at radius 1 is 0.971 bits per heavy atom. The van der Waals surface area contributed by atoms with Crippen LogP contribution in [0.15, 0.2) is 114 Å². The average molecular weight is 470 g/mol. The van der Waals surface area contributed by atoms with Crippen LogP contribution in [-0.2, 0) is 15.1 Å². The van der Waals surface area contributed by atoms with Crippen molar-refractivity contribution >= 4 is 28.1 Å². The minimum atomic E-state index is -0.778. The third kappa shape index (κ3) is 4.60. The number of hydrogen-bond acceptors (Lipinski definition) is 7. The zero-order valence-electron chi connectivity index (χ0n) is 18.3. The monoisotopic (exact) mass is 469 g/mol. The zero-order chi connectivity index (χ0) is 23.8. The van der Waals surface area contributed by atoms with Crippen LogP contribution in [0.25, 0.3) is 0 Å². The maximum absolute atomic E-state index is 12.3. The lowest BCUT2D eigenvalue weighted by Crippen LogP contribution is -2.38. The van der Waals surface area contributed by atoms with E-state index in [1.54, 1.807) is 5.38 Å². The summed E-state index contributed by atoms with van der Waals surface area (Å²) in [6, 6.07) is 30.3. The Kier molecular flexibility index (Phi) is 7.15. The largest absolute Gasteiger partial charge is 0.457 e. The Bertz CT molecular complexity index is 1180. The van der Waals surface area contributed by atoms with Crippen molar-refractivity contribution in [3.8, 4) is 0 Å². The Labute approximate surface area is 201 Å². The molecule has 0 saturated carbocycles. The summed E-state index contributed by atoms with van der Waals surface area (Å²) in [5.41, 5.74) is 2.24. The van der Waals surface area contributed by atoms with Crippen LogP contribution in [0, 0.1) is 0 Å². The van der Waals surface area contributed by atoms with Gasteiger partial charge >= 0.3 is 5.97 Å². The third-order valence-electron chi connectivity index (χ3n) is 5.29. The lowest BCUT2D eigenvalue weighted by Gasteiger charge is -2.36. The molecule has 4 aromatic rings. The molecule has 170 valence electrons. The molecule has 1 aromatic heterocycles. The summed E-state index contributed by atoms with van der Waals surface area (Å²) in [6.45, 7) is 3.52. The lowest BCUT2D eigenvalue weighted by atomic mass is 9.77. The molecule has 0 atom stereocenters. The minimum absolute atomic E-state index is 0.00618. The predicted molar refractivity (Wildman–Crippen MR) is 134 cm³/mol. The van der Waals surface area contributed by atoms with Gasteiger partial charge in [0.15, 0.2) is 5.13 Å². The van der Waals surface area contributed by atoms with Crippen molar-refractivity contribution in [1.29, 1.82) is 0 Å². The third-order valence-corrected chi connectivity index (χ3v) is 6.04. The molecule has 0 bridgehead atoms. The molecule has 2 N–H and O–H groups in total. The van der Waals surface area contributed by atoms with E-state index in [0.717, 1.165) is 16.7 Å². The highest BCUT2D eigenvalue weighted by molar-refractivity contribution is 7.14. The van der Waals surface area contributed by atoms with Gasteiger partial charge in [-0.2, -0.15) is 0 Å². The molecule has 0 aliphatic heterocycles. The summed E-state index contributed by atoms with van der Waals surface area (Å²) >= 11 is 1.30. The number of ether oxygens (including phenoxy) is 1. The number of hydrogen-bond donors (Lipinski definition) is 2. The van der Waals surface area contributed by atoms with Crippen molar-refractivity contribution in [1.82, 2.24) is 4.98 Å². The maximum Gasteiger partial charge on any atom is 0.363 e. The van der Waals surface area contributed by atoms with Crippen LogP contribution in [0.1, 0.15) is 22.4 Å². The molecular weight excluding hydrogens is 446 g/mol. The average Bonchev–Trinajstić information content (AvgIpc) is 3.36. The maximum atomic E-state index is 12.3. The molecule has 34 heavy (non-hydrogen) atoms. The highest BCUT2D eigenvalue weighted by atomic mass is 32.1. The van der Waals surface area contributed by atoms with E-state index in [2.05, 4.69) is 58.4 Å². The van der Waals surface area contributed by atoms with Crippen molar-refractivity contribution in [2.45, 2.75) is 5.54 Å². The second kappa shape index (κ2) is 10.6. The number of carbonyl (C=O) groups excluding carboxylic acids is 1. The summed E-state index contributed by atoms with van der Waals surface area (Å²) in [4.78, 5) is 16.8. The molecule has 0 unspecified atom stereocenters. The van der Waals surface area contributed by atoms with Gasteiger partial charge in [-0.25, -0.2) is 9.78 Å². The quantitative estimate of drug-likeness (QED) is 0.0850. The van der Waals surface area contributed by atoms with Crippen LogP contribution >= 0.6 is 11.3 Å². The van der Waals surface area contributed by atoms with Gasteiger partial charge in [-0.05, 0) is 16.7 Å². The van der Waals surface area contributed by atoms with E-state index < -0.39 is 11.5 Å². The second-order valence-corrected chi connectivity index (χ2v) is 8.20. The first-order valence-corrected chi connectivity index (χ1v) is 11.5. The number of anilines is 1. The molecule has 6 nitrogen and oxygen atoms in total. The highest BCUT2D eigenvalue weighted by Gasteiger charge is 2.37. The van der Waals surface area contributed by atoms with Crippen molar-refractivity contribution in [2.24, 2.45) is 5.16 Å². The van der Waals surface area contributed by atoms with Crippen LogP contribution < -0.4 is 5.32 Å². The molecule has 0 amide bonds. The van der Waals surface area contributed by atoms with Gasteiger partial charge in [0, 0.05) is 5.38 Å². The summed E-state index contributed by atoms with van der Waals surface area (Å²) in [5.74, 6) is -0.778. The van der Waals surface area contributed by atoms with Crippen molar-refractivity contribution < 1.29 is 14.7 Å². The van der Waals surface area contributed by atoms with Crippen molar-refractivity contribution in [3.63, 3.8) is 0 Å². The van der Waals surface area contributed by atoms with E-state index >= 15 is 0 Å². The summed E-state index contributed by atoms with van der Waals surface area (Å²) in [6.07, 6.45) is 1.44. The fraction of sp³-hybridized carbons (Fsp3) is 0.0741. The molecule has 0 saturated heterocycles. The summed E-state index contributed by atoms with van der Waals surface area (Å²) in [5, 5.41) is 18.4. The highest BCUT2D eigenvalue weighted by Crippen LogP contribution is 2.40. The molecule has 0 fully saturated rings. The van der Waals surface area contributed by atoms with Crippen LogP contribution in [0.5, 0.6) is 0 Å². The predicted octanol–water partition coefficient (Wildman–Crippen LogP) is 5.45. The van der Waals surface area contributed by atoms with Crippen LogP contribution in [0.4, 0.5) is 5.13 Å². The Hall–Kier alpha value is -4.23. The number of thiazole rings is 1. The molecule has 0 aliphatic rings. The molecule has 7 heteroatoms. The second-order valence-electron chi connectivity index (χ2n) is 7.35. The normalized spacial score (nSPS) is 11.6. The van der Waals surface area contributed by atoms with Gasteiger partial charge in [-0.3, -0.25) is 0 Å². The number of rotatable bonds is 9. The van der Waals surface area contributed by atoms with Gasteiger partial charge < -0.3 is 15.3 Å². The topological polar surface area (TPSA) is 83.8 Å². The number of benzene rings is 3. The van der Waals surface area contributed by atoms with E-state index in [-0.39, 0.29) is 18.0 Å². The first kappa shape index (κ1) is 22.9. The Morgan fingerprint density at radius 2 is 1.47 bits per heavy atom. The molecule has 0 spiro atoms. The standard InChI is InChI=1S/C27H23N3O3S/c1-2-18-33-25(31)24(30-32)23-19-34-26(28-23)29-27(20-12-6-3-7-13-20,21-14-8-4-9-15-21)22-16-10-5-11-17-22/h2-17,19,32H,1,18H2,(H,28,29)/b30-24-. The van der Waals surface area contributed by atoms with Gasteiger partial charge in [-0.15, -0.1) is 11.3 Å². The van der Waals surface area contributed by atoms with Gasteiger partial charge in [-0.1, -0.05) is 109 Å². The number of nitrogens with one attached hydrogen (secondary N) is 1. The SMILES string of the molecule is C=CCOC(=O)/C(=N\O)c1csc(NC(c2ccccc2)(c2ccccc2)c2ccccc2)n1. The molecule has 4 rings (SSSR count). The van der Waals surface area contributed by atoms with Crippen molar-refractivity contribution in [3.05, 3.63) is 131 Å². The van der Waals surface area contributed by atoms with Crippen molar-refractivity contribution in [2.75, 3.05) is 11.9 Å². The molecule has 0 radical (unpaired) electrons. The molecule has 3 aromatic carbocycles. The van der Waals surface area contributed by atoms with E-state index in [1.165, 1.54) is 17.4 Å². The first-order chi connectivity index (χ1) is 16.7. The van der Waals surface area contributed by atoms with E-state index in [9.17, 15) is 10.0 Å². The van der Waals surface area contributed by atoms with Gasteiger partial charge in [0.2, 0.25) is 5.71 Å². The lowest BCUT2D eigenvalue weighted by molar-refractivity contribution is -0.134. The van der Waals surface area contributed by atoms with Crippen LogP contribution in [0.3, 0.4) is 0 Å². The van der Waals surface area contributed by atoms with E-state index in [4.69, 9.17) is 4.74 Å². The summed E-state index contributed by atoms with van der Waals surface area (Å²) in [7, 11) is 0. The minimum Gasteiger partial charge on any atom is -0.457 e. The fourth-order valence-electron chi connectivity index (χ4n) is 3.78. The molecular formula is C27H23N3O3S. The number of carbonyl (C=O) groups is 1. The summed E-state index contributed by atoms with van der Waals surface area (Å²) < 4.78 is 5.01. The number of oxime groups is 1. The van der Waals surface area contributed by atoms with Gasteiger partial charge in [0.25, 0.3) is 0 Å². The Balaban J connectivity index is 1.82. The van der Waals surface area contributed by atoms with E-state index in [0.29, 0.717) is 5.13 Å². The smallest absolute Gasteiger partial charge is 0.363 e. The molecule has 1 heterocycles. The van der Waals surface area contributed by atoms with Gasteiger partial charge in [0.05, 0.1) is 0 Å². The first-order valence-electron chi connectivity index (χ1n) is 10.6. The number of nitrogens with zero attached hydrogens (tertiary/aromatic N) is 2. The zero-order valence-corrected chi connectivity index (χ0v) is 19.1. The van der Waals surface area contributed by atoms with E-state index in [1.807, 2.05) is 54.6 Å². The van der Waals surface area contributed by atoms with Crippen LogP contribution in [0.2, 0.25) is 0 Å². The number of esters is 1. The number of aromatic nitrogens is 1.